The van der Waals surface area contributed by atoms with Crippen LogP contribution >= 0.6 is 7.82 Å². The Kier molecular flexibility index (Phi) is 12.5. The molecule has 0 saturated carbocycles. The lowest BCUT2D eigenvalue weighted by Gasteiger charge is -2.31. The minimum absolute atomic E-state index is 0.0665. The van der Waals surface area contributed by atoms with E-state index in [0.29, 0.717) is 44.0 Å². The minimum Gasteiger partial charge on any atom is -0.489 e. The molecule has 45 heavy (non-hydrogen) atoms. The lowest BCUT2D eigenvalue weighted by Crippen LogP contribution is -2.42. The van der Waals surface area contributed by atoms with Gasteiger partial charge in [-0.05, 0) is 67.6 Å². The van der Waals surface area contributed by atoms with Crippen molar-refractivity contribution in [2.24, 2.45) is 5.73 Å². The molecule has 0 radical (unpaired) electrons. The number of esters is 1. The number of nitrogens with two attached hydrogens (primary N) is 1. The summed E-state index contributed by atoms with van der Waals surface area (Å²) < 4.78 is 45.5. The second-order valence-electron chi connectivity index (χ2n) is 10.5. The molecule has 4 rings (SSSR count). The molecular formula is C32H38NO11P. The number of hydrogen-bond acceptors (Lipinski definition) is 10. The smallest absolute Gasteiger partial charge is 0.472 e. The average Bonchev–Trinajstić information content (AvgIpc) is 3.03. The van der Waals surface area contributed by atoms with Gasteiger partial charge in [0.1, 0.15) is 42.1 Å². The number of aliphatic carboxylic acids is 1. The van der Waals surface area contributed by atoms with Gasteiger partial charge in [0.05, 0.1) is 12.7 Å². The van der Waals surface area contributed by atoms with Gasteiger partial charge in [0.2, 0.25) is 0 Å². The van der Waals surface area contributed by atoms with Crippen LogP contribution in [0.25, 0.3) is 0 Å². The van der Waals surface area contributed by atoms with Crippen LogP contribution in [-0.4, -0.2) is 59.5 Å². The molecule has 1 fully saturated rings. The maximum Gasteiger partial charge on any atom is 0.472 e. The number of carbonyl (C=O) groups excluding carboxylic acids is 1. The number of benzene rings is 3. The van der Waals surface area contributed by atoms with Crippen molar-refractivity contribution < 1.29 is 52.1 Å². The summed E-state index contributed by atoms with van der Waals surface area (Å²) in [6.07, 6.45) is -1.28. The average molecular weight is 644 g/mol. The summed E-state index contributed by atoms with van der Waals surface area (Å²) >= 11 is 0. The van der Waals surface area contributed by atoms with Gasteiger partial charge in [-0.3, -0.25) is 18.6 Å². The predicted octanol–water partition coefficient (Wildman–Crippen LogP) is 5.02. The molecule has 0 bridgehead atoms. The number of ether oxygens (including phenoxy) is 4. The molecule has 3 aromatic carbocycles. The maximum atomic E-state index is 12.8. The van der Waals surface area contributed by atoms with Crippen LogP contribution in [-0.2, 0) is 45.7 Å². The highest BCUT2D eigenvalue weighted by atomic mass is 31.2. The van der Waals surface area contributed by atoms with Gasteiger partial charge in [-0.25, -0.2) is 4.57 Å². The van der Waals surface area contributed by atoms with Gasteiger partial charge in [0.15, 0.2) is 0 Å². The van der Waals surface area contributed by atoms with Gasteiger partial charge in [-0.2, -0.15) is 0 Å². The Morgan fingerprint density at radius 2 is 1.78 bits per heavy atom. The third-order valence-electron chi connectivity index (χ3n) is 7.00. The van der Waals surface area contributed by atoms with Gasteiger partial charge in [0, 0.05) is 13.0 Å². The van der Waals surface area contributed by atoms with E-state index in [0.717, 1.165) is 16.9 Å². The van der Waals surface area contributed by atoms with Crippen molar-refractivity contribution in [1.29, 1.82) is 0 Å². The van der Waals surface area contributed by atoms with Crippen molar-refractivity contribution in [3.63, 3.8) is 0 Å². The number of aryl methyl sites for hydroxylation is 1. The lowest BCUT2D eigenvalue weighted by molar-refractivity contribution is -0.166. The normalized spacial score (nSPS) is 19.1. The van der Waals surface area contributed by atoms with Gasteiger partial charge in [0.25, 0.3) is 0 Å². The predicted molar refractivity (Wildman–Crippen MR) is 163 cm³/mol. The van der Waals surface area contributed by atoms with Crippen molar-refractivity contribution in [2.75, 3.05) is 13.2 Å². The maximum absolute atomic E-state index is 12.8. The summed E-state index contributed by atoms with van der Waals surface area (Å²) in [5.41, 5.74) is 7.18. The van der Waals surface area contributed by atoms with Crippen molar-refractivity contribution in [3.8, 4) is 17.2 Å². The Hall–Kier alpha value is -3.77. The van der Waals surface area contributed by atoms with Crippen LogP contribution in [0.1, 0.15) is 37.3 Å². The van der Waals surface area contributed by atoms with E-state index in [-0.39, 0.29) is 6.42 Å². The number of carboxylic acids is 1. The van der Waals surface area contributed by atoms with Crippen LogP contribution in [0.5, 0.6) is 17.2 Å². The third kappa shape index (κ3) is 11.0. The van der Waals surface area contributed by atoms with Crippen LogP contribution in [0, 0.1) is 0 Å². The zero-order valence-electron chi connectivity index (χ0n) is 24.9. The quantitative estimate of drug-likeness (QED) is 0.141. The van der Waals surface area contributed by atoms with E-state index >= 15 is 0 Å². The van der Waals surface area contributed by atoms with Gasteiger partial charge >= 0.3 is 19.8 Å². The molecule has 3 aromatic rings. The summed E-state index contributed by atoms with van der Waals surface area (Å²) in [5.74, 6) is 0.211. The zero-order valence-corrected chi connectivity index (χ0v) is 25.8. The molecule has 0 aliphatic carbocycles. The summed E-state index contributed by atoms with van der Waals surface area (Å²) in [5, 5.41) is 8.96. The minimum atomic E-state index is -4.66. The molecule has 242 valence electrons. The van der Waals surface area contributed by atoms with Crippen molar-refractivity contribution >= 4 is 19.8 Å². The van der Waals surface area contributed by atoms with Gasteiger partial charge < -0.3 is 34.7 Å². The van der Waals surface area contributed by atoms with E-state index in [2.05, 4.69) is 0 Å². The first kappa shape index (κ1) is 34.1. The standard InChI is InChI=1S/C32H38NO11P/c1-22(31(33)32(35)36)44-45(37,38)41-21-29-28(15-8-18-39-29)43-30(34)17-16-24-10-5-6-14-27(24)40-20-23-9-7-13-26(19-23)42-25-11-3-2-4-12-25/h2-7,9-14,19,22,28-29,31H,8,15-18,20-21,33H2,1H3,(H,35,36)(H,37,38)/t22?,28-,29-,31?/m1/s1. The van der Waals surface area contributed by atoms with Gasteiger partial charge in [-0.15, -0.1) is 0 Å². The summed E-state index contributed by atoms with van der Waals surface area (Å²) in [4.78, 5) is 33.8. The molecule has 1 saturated heterocycles. The van der Waals surface area contributed by atoms with Crippen molar-refractivity contribution in [2.45, 2.75) is 63.6 Å². The monoisotopic (exact) mass is 643 g/mol. The topological polar surface area (TPSA) is 173 Å². The highest BCUT2D eigenvalue weighted by molar-refractivity contribution is 7.47. The first-order valence-corrected chi connectivity index (χ1v) is 16.1. The fourth-order valence-electron chi connectivity index (χ4n) is 4.58. The molecule has 3 unspecified atom stereocenters. The number of hydrogen-bond donors (Lipinski definition) is 3. The molecule has 1 heterocycles. The highest BCUT2D eigenvalue weighted by Crippen LogP contribution is 2.45. The van der Waals surface area contributed by atoms with Crippen molar-refractivity contribution in [3.05, 3.63) is 90.0 Å². The Labute approximate surface area is 261 Å². The summed E-state index contributed by atoms with van der Waals surface area (Å²) in [7, 11) is -4.66. The number of phosphoric acid groups is 1. The van der Waals surface area contributed by atoms with Crippen LogP contribution in [0.4, 0.5) is 0 Å². The Balaban J connectivity index is 1.27. The molecule has 0 spiro atoms. The second-order valence-corrected chi connectivity index (χ2v) is 11.9. The molecular weight excluding hydrogens is 605 g/mol. The zero-order chi connectivity index (χ0) is 32.2. The van der Waals surface area contributed by atoms with E-state index in [1.54, 1.807) is 0 Å². The summed E-state index contributed by atoms with van der Waals surface area (Å²) in [6, 6.07) is 23.0. The van der Waals surface area contributed by atoms with E-state index in [4.69, 9.17) is 38.8 Å². The van der Waals surface area contributed by atoms with E-state index in [1.807, 2.05) is 78.9 Å². The number of carbonyl (C=O) groups is 2. The molecule has 4 N–H and O–H groups in total. The molecule has 1 aliphatic rings. The van der Waals surface area contributed by atoms with E-state index in [9.17, 15) is 19.0 Å². The molecule has 5 atom stereocenters. The SMILES string of the molecule is CC(OP(=O)(O)OC[C@H]1OCCC[C@H]1OC(=O)CCc1ccccc1OCc1cccc(Oc2ccccc2)c1)C(N)C(=O)O. The summed E-state index contributed by atoms with van der Waals surface area (Å²) in [6.45, 7) is 1.49. The van der Waals surface area contributed by atoms with Crippen molar-refractivity contribution in [1.82, 2.24) is 0 Å². The first-order valence-electron chi connectivity index (χ1n) is 14.6. The van der Waals surface area contributed by atoms with E-state index < -0.39 is 50.7 Å². The Bertz CT molecular complexity index is 1450. The number of phosphoric ester groups is 1. The fourth-order valence-corrected chi connectivity index (χ4v) is 5.52. The molecule has 1 aliphatic heterocycles. The van der Waals surface area contributed by atoms with E-state index in [1.165, 1.54) is 6.92 Å². The highest BCUT2D eigenvalue weighted by Gasteiger charge is 2.35. The number of para-hydroxylation sites is 2. The lowest BCUT2D eigenvalue weighted by atomic mass is 10.1. The van der Waals surface area contributed by atoms with Crippen LogP contribution in [0.3, 0.4) is 0 Å². The van der Waals surface area contributed by atoms with Gasteiger partial charge in [-0.1, -0.05) is 48.5 Å². The van der Waals surface area contributed by atoms with Crippen LogP contribution < -0.4 is 15.2 Å². The van der Waals surface area contributed by atoms with Crippen LogP contribution in [0.15, 0.2) is 78.9 Å². The molecule has 0 amide bonds. The molecule has 13 heteroatoms. The largest absolute Gasteiger partial charge is 0.489 e. The second kappa shape index (κ2) is 16.5. The third-order valence-corrected chi connectivity index (χ3v) is 8.07. The fraction of sp³-hybridized carbons (Fsp3) is 0.375. The Morgan fingerprint density at radius 1 is 1.04 bits per heavy atom. The number of rotatable bonds is 16. The molecule has 0 aromatic heterocycles. The molecule has 12 nitrogen and oxygen atoms in total. The first-order chi connectivity index (χ1) is 21.6. The number of carboxylic acid groups (broad SMARTS) is 1. The Morgan fingerprint density at radius 3 is 2.56 bits per heavy atom. The van der Waals surface area contributed by atoms with Crippen LogP contribution in [0.2, 0.25) is 0 Å².